The van der Waals surface area contributed by atoms with Gasteiger partial charge in [-0.25, -0.2) is 9.97 Å². The molecule has 0 radical (unpaired) electrons. The molecule has 1 heterocycles. The smallest absolute Gasteiger partial charge is 0.159 e. The minimum atomic E-state index is 0.552. The van der Waals surface area contributed by atoms with Crippen molar-refractivity contribution in [1.82, 2.24) is 9.97 Å². The van der Waals surface area contributed by atoms with E-state index < -0.39 is 0 Å². The molecule has 0 fully saturated rings. The van der Waals surface area contributed by atoms with Crippen molar-refractivity contribution in [2.24, 2.45) is 0 Å². The number of nitrogens with zero attached hydrogens (tertiary/aromatic N) is 2. The molecule has 0 N–H and O–H groups in total. The zero-order chi connectivity index (χ0) is 25.5. The molecule has 0 bridgehead atoms. The monoisotopic (exact) mass is 496 g/mol. The van der Waals surface area contributed by atoms with Crippen LogP contribution < -0.4 is 9.47 Å². The van der Waals surface area contributed by atoms with Gasteiger partial charge in [-0.15, -0.1) is 0 Å². The van der Waals surface area contributed by atoms with Gasteiger partial charge in [0.1, 0.15) is 12.4 Å². The Balaban J connectivity index is 1.56. The van der Waals surface area contributed by atoms with Crippen LogP contribution >= 0.6 is 0 Å². The molecule has 0 atom stereocenters. The van der Waals surface area contributed by atoms with E-state index in [2.05, 4.69) is 36.0 Å². The zero-order valence-electron chi connectivity index (χ0n) is 22.8. The van der Waals surface area contributed by atoms with Crippen LogP contribution in [0.1, 0.15) is 97.3 Å². The maximum absolute atomic E-state index is 5.84. The highest BCUT2D eigenvalue weighted by Crippen LogP contribution is 2.20. The maximum atomic E-state index is 5.84. The zero-order valence-corrected chi connectivity index (χ0v) is 22.8. The molecule has 5 heteroatoms. The number of hydrogen-bond donors (Lipinski definition) is 0. The van der Waals surface area contributed by atoms with Crippen LogP contribution in [-0.4, -0.2) is 36.4 Å². The van der Waals surface area contributed by atoms with Gasteiger partial charge < -0.3 is 14.2 Å². The molecule has 2 aromatic rings. The molecule has 1 aromatic heterocycles. The number of aromatic nitrogens is 2. The number of allylic oxidation sites excluding steroid dienone is 1. The first-order valence-electron chi connectivity index (χ1n) is 14.2. The van der Waals surface area contributed by atoms with E-state index in [-0.39, 0.29) is 0 Å². The van der Waals surface area contributed by atoms with Crippen molar-refractivity contribution >= 4 is 0 Å². The maximum Gasteiger partial charge on any atom is 0.159 e. The molecule has 0 saturated carbocycles. The Kier molecular flexibility index (Phi) is 17.2. The van der Waals surface area contributed by atoms with Crippen molar-refractivity contribution in [3.05, 3.63) is 48.8 Å². The van der Waals surface area contributed by atoms with Crippen LogP contribution in [0.25, 0.3) is 11.4 Å². The molecule has 5 nitrogen and oxygen atoms in total. The minimum absolute atomic E-state index is 0.552. The SMILES string of the molecule is CCCCCCCCCC=CCOc1cnc(-c2ccc(OCCCCOCCCCC)cc2)nc1. The van der Waals surface area contributed by atoms with E-state index in [4.69, 9.17) is 14.2 Å². The fourth-order valence-electron chi connectivity index (χ4n) is 3.84. The Morgan fingerprint density at radius 2 is 1.22 bits per heavy atom. The molecule has 200 valence electrons. The molecule has 36 heavy (non-hydrogen) atoms. The molecule has 0 saturated heterocycles. The summed E-state index contributed by atoms with van der Waals surface area (Å²) in [6.45, 7) is 7.42. The molecule has 0 unspecified atom stereocenters. The fraction of sp³-hybridized carbons (Fsp3) is 0.613. The Labute approximate surface area is 219 Å². The summed E-state index contributed by atoms with van der Waals surface area (Å²) in [6.07, 6.45) is 24.0. The van der Waals surface area contributed by atoms with Crippen molar-refractivity contribution in [2.75, 3.05) is 26.4 Å². The standard InChI is InChI=1S/C31H48N2O3/c1-3-5-7-8-9-10-11-12-13-15-24-36-30-26-32-31(33-27-30)28-18-20-29(21-19-28)35-25-17-16-23-34-22-14-6-4-2/h13,15,18-21,26-27H,3-12,14,16-17,22-25H2,1-2H3. The number of ether oxygens (including phenoxy) is 3. The molecule has 0 aliphatic carbocycles. The third-order valence-electron chi connectivity index (χ3n) is 6.07. The summed E-state index contributed by atoms with van der Waals surface area (Å²) in [5, 5.41) is 0. The lowest BCUT2D eigenvalue weighted by atomic mass is 10.1. The summed E-state index contributed by atoms with van der Waals surface area (Å²) in [5.41, 5.74) is 0.962. The van der Waals surface area contributed by atoms with Gasteiger partial charge in [0, 0.05) is 18.8 Å². The van der Waals surface area contributed by atoms with Gasteiger partial charge in [-0.3, -0.25) is 0 Å². The molecule has 1 aromatic carbocycles. The van der Waals surface area contributed by atoms with Gasteiger partial charge in [0.25, 0.3) is 0 Å². The summed E-state index contributed by atoms with van der Waals surface area (Å²) in [6, 6.07) is 7.93. The molecule has 2 rings (SSSR count). The molecular formula is C31H48N2O3. The Morgan fingerprint density at radius 1 is 0.611 bits per heavy atom. The third-order valence-corrected chi connectivity index (χ3v) is 6.07. The second-order valence-electron chi connectivity index (χ2n) is 9.33. The summed E-state index contributed by atoms with van der Waals surface area (Å²) >= 11 is 0. The van der Waals surface area contributed by atoms with Crippen molar-refractivity contribution in [3.63, 3.8) is 0 Å². The minimum Gasteiger partial charge on any atom is -0.494 e. The van der Waals surface area contributed by atoms with E-state index in [1.54, 1.807) is 12.4 Å². The highest BCUT2D eigenvalue weighted by Gasteiger charge is 2.03. The second kappa shape index (κ2) is 20.8. The van der Waals surface area contributed by atoms with Crippen LogP contribution in [0.15, 0.2) is 48.8 Å². The van der Waals surface area contributed by atoms with E-state index in [1.807, 2.05) is 24.3 Å². The van der Waals surface area contributed by atoms with Crippen LogP contribution in [0.3, 0.4) is 0 Å². The quantitative estimate of drug-likeness (QED) is 0.121. The van der Waals surface area contributed by atoms with Gasteiger partial charge in [0.15, 0.2) is 11.6 Å². The van der Waals surface area contributed by atoms with Gasteiger partial charge in [0.05, 0.1) is 19.0 Å². The lowest BCUT2D eigenvalue weighted by Crippen LogP contribution is -2.02. The highest BCUT2D eigenvalue weighted by atomic mass is 16.5. The van der Waals surface area contributed by atoms with Crippen LogP contribution in [0.5, 0.6) is 11.5 Å². The van der Waals surface area contributed by atoms with Crippen molar-refractivity contribution in [1.29, 1.82) is 0 Å². The Hall–Kier alpha value is -2.40. The number of unbranched alkanes of at least 4 members (excludes halogenated alkanes) is 10. The van der Waals surface area contributed by atoms with Crippen molar-refractivity contribution < 1.29 is 14.2 Å². The predicted molar refractivity (Wildman–Crippen MR) is 150 cm³/mol. The van der Waals surface area contributed by atoms with E-state index >= 15 is 0 Å². The second-order valence-corrected chi connectivity index (χ2v) is 9.33. The normalized spacial score (nSPS) is 11.3. The topological polar surface area (TPSA) is 53.5 Å². The van der Waals surface area contributed by atoms with Gasteiger partial charge in [0.2, 0.25) is 0 Å². The summed E-state index contributed by atoms with van der Waals surface area (Å²) in [4.78, 5) is 8.91. The first-order valence-corrected chi connectivity index (χ1v) is 14.2. The Bertz CT molecular complexity index is 790. The van der Waals surface area contributed by atoms with Gasteiger partial charge in [-0.05, 0) is 56.4 Å². The van der Waals surface area contributed by atoms with Gasteiger partial charge in [-0.2, -0.15) is 0 Å². The van der Waals surface area contributed by atoms with Crippen molar-refractivity contribution in [3.8, 4) is 22.9 Å². The fourth-order valence-corrected chi connectivity index (χ4v) is 3.84. The molecule has 0 amide bonds. The van der Waals surface area contributed by atoms with E-state index in [1.165, 1.54) is 57.8 Å². The van der Waals surface area contributed by atoms with Crippen molar-refractivity contribution in [2.45, 2.75) is 97.3 Å². The number of hydrogen-bond acceptors (Lipinski definition) is 5. The lowest BCUT2D eigenvalue weighted by Gasteiger charge is -2.08. The third kappa shape index (κ3) is 14.2. The van der Waals surface area contributed by atoms with Gasteiger partial charge in [-0.1, -0.05) is 77.4 Å². The van der Waals surface area contributed by atoms with E-state index in [0.29, 0.717) is 24.8 Å². The average molecular weight is 497 g/mol. The van der Waals surface area contributed by atoms with E-state index in [0.717, 1.165) is 50.2 Å². The largest absolute Gasteiger partial charge is 0.494 e. The van der Waals surface area contributed by atoms with Crippen LogP contribution in [0.2, 0.25) is 0 Å². The molecule has 0 aliphatic rings. The van der Waals surface area contributed by atoms with Gasteiger partial charge >= 0.3 is 0 Å². The lowest BCUT2D eigenvalue weighted by molar-refractivity contribution is 0.123. The summed E-state index contributed by atoms with van der Waals surface area (Å²) < 4.78 is 17.2. The average Bonchev–Trinajstić information content (AvgIpc) is 2.91. The number of benzene rings is 1. The molecular weight excluding hydrogens is 448 g/mol. The summed E-state index contributed by atoms with van der Waals surface area (Å²) in [7, 11) is 0. The van der Waals surface area contributed by atoms with Crippen LogP contribution in [0.4, 0.5) is 0 Å². The number of rotatable bonds is 22. The molecule has 0 spiro atoms. The first kappa shape index (κ1) is 29.8. The summed E-state index contributed by atoms with van der Waals surface area (Å²) in [5.74, 6) is 2.24. The van der Waals surface area contributed by atoms with Crippen LogP contribution in [0, 0.1) is 0 Å². The van der Waals surface area contributed by atoms with Crippen LogP contribution in [-0.2, 0) is 4.74 Å². The van der Waals surface area contributed by atoms with E-state index in [9.17, 15) is 0 Å². The Morgan fingerprint density at radius 3 is 1.94 bits per heavy atom. The first-order chi connectivity index (χ1) is 17.8. The highest BCUT2D eigenvalue weighted by molar-refractivity contribution is 5.56. The predicted octanol–water partition coefficient (Wildman–Crippen LogP) is 8.59. The molecule has 0 aliphatic heterocycles.